The average Bonchev–Trinajstić information content (AvgIpc) is 3.28. The van der Waals surface area contributed by atoms with Crippen molar-refractivity contribution in [2.24, 2.45) is 11.3 Å². The Morgan fingerprint density at radius 3 is 2.64 bits per heavy atom. The molecular weight excluding hydrogens is 506 g/mol. The van der Waals surface area contributed by atoms with Crippen LogP contribution in [0.25, 0.3) is 10.2 Å². The number of aliphatic hydroxyl groups is 2. The zero-order chi connectivity index (χ0) is 26.4. The Morgan fingerprint density at radius 2 is 1.92 bits per heavy atom. The molecule has 0 bridgehead atoms. The van der Waals surface area contributed by atoms with Gasteiger partial charge >= 0.3 is 5.97 Å². The van der Waals surface area contributed by atoms with E-state index in [9.17, 15) is 19.8 Å². The Morgan fingerprint density at radius 1 is 1.19 bits per heavy atom. The summed E-state index contributed by atoms with van der Waals surface area (Å²) in [7, 11) is 0. The average molecular weight is 540 g/mol. The van der Waals surface area contributed by atoms with Crippen molar-refractivity contribution >= 4 is 44.9 Å². The van der Waals surface area contributed by atoms with E-state index in [2.05, 4.69) is 4.98 Å². The highest BCUT2D eigenvalue weighted by Crippen LogP contribution is 2.49. The number of halogens is 1. The smallest absolute Gasteiger partial charge is 0.309 e. The Hall–Kier alpha value is -1.62. The zero-order valence-corrected chi connectivity index (χ0v) is 22.8. The highest BCUT2D eigenvalue weighted by Gasteiger charge is 2.56. The molecule has 2 saturated heterocycles. The van der Waals surface area contributed by atoms with Gasteiger partial charge in [0.1, 0.15) is 18.0 Å². The molecule has 36 heavy (non-hydrogen) atoms. The molecule has 0 spiro atoms. The fraction of sp³-hybridized carbons (Fsp3) is 0.654. The third kappa shape index (κ3) is 5.61. The number of carbonyl (C=O) groups excluding carboxylic acids is 2. The van der Waals surface area contributed by atoms with Crippen molar-refractivity contribution in [3.05, 3.63) is 28.8 Å². The maximum absolute atomic E-state index is 13.2. The van der Waals surface area contributed by atoms with E-state index in [-0.39, 0.29) is 24.9 Å². The van der Waals surface area contributed by atoms with Crippen LogP contribution in [0.4, 0.5) is 0 Å². The number of fused-ring (bicyclic) bond motifs is 2. The van der Waals surface area contributed by atoms with E-state index in [4.69, 9.17) is 25.8 Å². The van der Waals surface area contributed by atoms with Gasteiger partial charge in [-0.25, -0.2) is 4.98 Å². The number of hydrogen-bond acceptors (Lipinski definition) is 9. The van der Waals surface area contributed by atoms with Crippen molar-refractivity contribution in [3.8, 4) is 0 Å². The molecule has 0 saturated carbocycles. The molecule has 7 atom stereocenters. The van der Waals surface area contributed by atoms with Crippen LogP contribution in [0.15, 0.2) is 18.2 Å². The van der Waals surface area contributed by atoms with Crippen LogP contribution >= 0.6 is 22.9 Å². The molecule has 3 heterocycles. The summed E-state index contributed by atoms with van der Waals surface area (Å²) in [6, 6.07) is 5.74. The molecular formula is C26H34ClNO7S. The van der Waals surface area contributed by atoms with Crippen molar-refractivity contribution in [2.75, 3.05) is 6.61 Å². The van der Waals surface area contributed by atoms with E-state index in [0.717, 1.165) is 20.8 Å². The molecule has 4 rings (SSSR count). The van der Waals surface area contributed by atoms with Gasteiger partial charge in [0.15, 0.2) is 5.06 Å². The van der Waals surface area contributed by atoms with Crippen molar-refractivity contribution in [3.63, 3.8) is 0 Å². The number of carbonyl (C=O) groups is 2. The summed E-state index contributed by atoms with van der Waals surface area (Å²) in [4.78, 5) is 30.7. The number of aryl methyl sites for hydroxylation is 1. The second kappa shape index (κ2) is 10.3. The normalized spacial score (nSPS) is 36.3. The predicted octanol–water partition coefficient (Wildman–Crippen LogP) is 4.07. The van der Waals surface area contributed by atoms with Crippen LogP contribution in [0.3, 0.4) is 0 Å². The fourth-order valence-electron chi connectivity index (χ4n) is 4.77. The number of nitrogens with zero attached hydrogens (tertiary/aromatic N) is 1. The molecule has 8 nitrogen and oxygen atoms in total. The van der Waals surface area contributed by atoms with Gasteiger partial charge in [0.25, 0.3) is 0 Å². The molecule has 2 aliphatic rings. The first-order valence-corrected chi connectivity index (χ1v) is 13.5. The molecule has 2 aromatic rings. The molecule has 2 N–H and O–H groups in total. The number of hydrogen-bond donors (Lipinski definition) is 2. The number of aromatic nitrogens is 1. The lowest BCUT2D eigenvalue weighted by Crippen LogP contribution is -2.47. The standard InChI is InChI=1S/C26H34ClNO7S/c1-13-23(31)14(2)33-9-8-26(27)21(35-26)11-18(16-6-7-19-17(10-16)28-15(3)36-19)34-22(30)12-20(29)25(4,5)24(13)32/h6-7,10,13-14,18,20-21,23,29,31H,8-9,11-12H2,1-5H3/t13-,14+,18+,20+,21?,23+,26-/m1/s1. The van der Waals surface area contributed by atoms with E-state index in [1.807, 2.05) is 25.1 Å². The molecule has 2 aliphatic heterocycles. The monoisotopic (exact) mass is 539 g/mol. The first-order chi connectivity index (χ1) is 16.8. The van der Waals surface area contributed by atoms with Gasteiger partial charge in [-0.2, -0.15) is 0 Å². The number of Topliss-reactive ketones (excluding diaryl/α,β-unsaturated/α-hetero) is 1. The van der Waals surface area contributed by atoms with Crippen molar-refractivity contribution in [2.45, 2.75) is 89.5 Å². The molecule has 198 valence electrons. The largest absolute Gasteiger partial charge is 0.457 e. The number of ether oxygens (including phenoxy) is 3. The summed E-state index contributed by atoms with van der Waals surface area (Å²) in [6.45, 7) is 8.58. The lowest BCUT2D eigenvalue weighted by Gasteiger charge is -2.34. The molecule has 2 fully saturated rings. The van der Waals surface area contributed by atoms with Gasteiger partial charge in [-0.1, -0.05) is 38.4 Å². The SMILES string of the molecule is Cc1nc2cc([C@@H]3CC4O[C@]4(Cl)CCO[C@@H](C)[C@@H](O)[C@@H](C)C(=O)C(C)(C)[C@@H](O)CC(=O)O3)ccc2s1. The van der Waals surface area contributed by atoms with Crippen LogP contribution in [0.1, 0.15) is 63.6 Å². The topological polar surface area (TPSA) is 118 Å². The summed E-state index contributed by atoms with van der Waals surface area (Å²) in [5.41, 5.74) is 0.283. The minimum absolute atomic E-state index is 0.222. The van der Waals surface area contributed by atoms with Crippen LogP contribution in [0, 0.1) is 18.3 Å². The van der Waals surface area contributed by atoms with E-state index < -0.39 is 46.8 Å². The molecule has 0 radical (unpaired) electrons. The van der Waals surface area contributed by atoms with Gasteiger partial charge in [-0.15, -0.1) is 11.3 Å². The molecule has 10 heteroatoms. The third-order valence-corrected chi connectivity index (χ3v) is 8.89. The molecule has 1 aromatic heterocycles. The summed E-state index contributed by atoms with van der Waals surface area (Å²) >= 11 is 8.23. The molecule has 1 unspecified atom stereocenters. The number of thiazole rings is 1. The minimum atomic E-state index is -1.30. The molecule has 1 aromatic carbocycles. The third-order valence-electron chi connectivity index (χ3n) is 7.41. The number of epoxide rings is 1. The van der Waals surface area contributed by atoms with Gasteiger partial charge < -0.3 is 24.4 Å². The van der Waals surface area contributed by atoms with Crippen LogP contribution in [0.5, 0.6) is 0 Å². The van der Waals surface area contributed by atoms with Crippen LogP contribution in [0.2, 0.25) is 0 Å². The highest BCUT2D eigenvalue weighted by molar-refractivity contribution is 7.18. The van der Waals surface area contributed by atoms with E-state index in [1.165, 1.54) is 0 Å². The second-order valence-electron chi connectivity index (χ2n) is 10.5. The summed E-state index contributed by atoms with van der Waals surface area (Å²) in [6.07, 6.45) is -3.75. The van der Waals surface area contributed by atoms with E-state index >= 15 is 0 Å². The van der Waals surface area contributed by atoms with Crippen LogP contribution < -0.4 is 0 Å². The zero-order valence-electron chi connectivity index (χ0n) is 21.2. The number of rotatable bonds is 1. The summed E-state index contributed by atoms with van der Waals surface area (Å²) in [5, 5.41) is 21.5. The Kier molecular flexibility index (Phi) is 7.82. The molecule has 0 aliphatic carbocycles. The predicted molar refractivity (Wildman–Crippen MR) is 136 cm³/mol. The van der Waals surface area contributed by atoms with Gasteiger partial charge in [0.05, 0.1) is 52.0 Å². The van der Waals surface area contributed by atoms with Gasteiger partial charge in [0, 0.05) is 18.8 Å². The number of cyclic esters (lactones) is 1. The number of aliphatic hydroxyl groups excluding tert-OH is 2. The number of ketones is 1. The van der Waals surface area contributed by atoms with Crippen molar-refractivity contribution < 1.29 is 34.0 Å². The number of benzene rings is 1. The highest BCUT2D eigenvalue weighted by atomic mass is 35.5. The summed E-state index contributed by atoms with van der Waals surface area (Å²) < 4.78 is 18.4. The van der Waals surface area contributed by atoms with Gasteiger partial charge in [0.2, 0.25) is 0 Å². The Labute approximate surface area is 219 Å². The van der Waals surface area contributed by atoms with Crippen LogP contribution in [-0.2, 0) is 23.8 Å². The first kappa shape index (κ1) is 27.4. The second-order valence-corrected chi connectivity index (χ2v) is 12.4. The quantitative estimate of drug-likeness (QED) is 0.316. The van der Waals surface area contributed by atoms with E-state index in [0.29, 0.717) is 12.8 Å². The minimum Gasteiger partial charge on any atom is -0.457 e. The van der Waals surface area contributed by atoms with E-state index in [1.54, 1.807) is 39.0 Å². The Bertz CT molecular complexity index is 1140. The maximum atomic E-state index is 13.2. The fourth-order valence-corrected chi connectivity index (χ4v) is 5.85. The van der Waals surface area contributed by atoms with Crippen molar-refractivity contribution in [1.82, 2.24) is 4.98 Å². The van der Waals surface area contributed by atoms with Gasteiger partial charge in [-0.3, -0.25) is 9.59 Å². The van der Waals surface area contributed by atoms with Gasteiger partial charge in [-0.05, 0) is 31.5 Å². The number of alkyl halides is 1. The van der Waals surface area contributed by atoms with Crippen LogP contribution in [-0.4, -0.2) is 63.0 Å². The Balaban J connectivity index is 1.61. The molecule has 0 amide bonds. The lowest BCUT2D eigenvalue weighted by atomic mass is 9.74. The number of esters is 1. The maximum Gasteiger partial charge on any atom is 0.309 e. The van der Waals surface area contributed by atoms with Crippen molar-refractivity contribution in [1.29, 1.82) is 0 Å². The lowest BCUT2D eigenvalue weighted by molar-refractivity contribution is -0.157. The summed E-state index contributed by atoms with van der Waals surface area (Å²) in [5.74, 6) is -1.82. The first-order valence-electron chi connectivity index (χ1n) is 12.3.